The summed E-state index contributed by atoms with van der Waals surface area (Å²) in [5.41, 5.74) is 0.853. The number of guanidine groups is 1. The van der Waals surface area contributed by atoms with Crippen molar-refractivity contribution in [3.05, 3.63) is 34.1 Å². The van der Waals surface area contributed by atoms with Gasteiger partial charge >= 0.3 is 0 Å². The smallest absolute Gasteiger partial charge is 0.234 e. The number of carbonyl (C=O) groups is 1. The van der Waals surface area contributed by atoms with Gasteiger partial charge in [-0.1, -0.05) is 13.0 Å². The van der Waals surface area contributed by atoms with Crippen LogP contribution in [0.4, 0.5) is 4.39 Å². The average Bonchev–Trinajstić information content (AvgIpc) is 2.67. The van der Waals surface area contributed by atoms with E-state index in [0.29, 0.717) is 29.6 Å². The number of likely N-dealkylation sites (tertiary alicyclic amines) is 1. The van der Waals surface area contributed by atoms with Crippen LogP contribution in [0.15, 0.2) is 27.7 Å². The minimum atomic E-state index is -0.271. The Morgan fingerprint density at radius 1 is 1.32 bits per heavy atom. The van der Waals surface area contributed by atoms with Crippen molar-refractivity contribution in [3.8, 4) is 0 Å². The Labute approximate surface area is 192 Å². The standard InChI is InChI=1S/C19H29BrFN5O.HI/c1-3-8-23-18(27)13-26-9-6-15(7-10-26)25-19(22-2)24-12-14-4-5-16(20)17(21)11-14;/h4-5,11,15H,3,6-10,12-13H2,1-2H3,(H,23,27)(H2,22,24,25);1H. The molecule has 0 bridgehead atoms. The number of hydrogen-bond acceptors (Lipinski definition) is 3. The van der Waals surface area contributed by atoms with Gasteiger partial charge in [0.2, 0.25) is 5.91 Å². The molecule has 3 N–H and O–H groups in total. The quantitative estimate of drug-likeness (QED) is 0.268. The fraction of sp³-hybridized carbons (Fsp3) is 0.579. The zero-order valence-corrected chi connectivity index (χ0v) is 20.3. The Morgan fingerprint density at radius 3 is 2.64 bits per heavy atom. The number of amides is 1. The number of rotatable bonds is 7. The molecular formula is C19H30BrFIN5O. The zero-order valence-electron chi connectivity index (χ0n) is 16.4. The fourth-order valence-corrected chi connectivity index (χ4v) is 3.23. The van der Waals surface area contributed by atoms with Gasteiger partial charge in [0.05, 0.1) is 11.0 Å². The summed E-state index contributed by atoms with van der Waals surface area (Å²) in [5.74, 6) is 0.535. The first kappa shape index (κ1) is 25.1. The van der Waals surface area contributed by atoms with Crippen LogP contribution in [-0.4, -0.2) is 56.0 Å². The number of nitrogens with one attached hydrogen (secondary N) is 3. The third kappa shape index (κ3) is 8.60. The second-order valence-corrected chi connectivity index (χ2v) is 7.57. The number of hydrogen-bond donors (Lipinski definition) is 3. The van der Waals surface area contributed by atoms with Crippen molar-refractivity contribution in [2.24, 2.45) is 4.99 Å². The molecule has 0 atom stereocenters. The zero-order chi connectivity index (χ0) is 19.6. The van der Waals surface area contributed by atoms with Gasteiger partial charge in [0.1, 0.15) is 5.82 Å². The van der Waals surface area contributed by atoms with E-state index in [4.69, 9.17) is 0 Å². The van der Waals surface area contributed by atoms with Crippen LogP contribution in [0.5, 0.6) is 0 Å². The minimum Gasteiger partial charge on any atom is -0.355 e. The topological polar surface area (TPSA) is 68.8 Å². The van der Waals surface area contributed by atoms with Gasteiger partial charge in [-0.25, -0.2) is 4.39 Å². The lowest BCUT2D eigenvalue weighted by atomic mass is 10.1. The number of aliphatic imine (C=N–C) groups is 1. The predicted octanol–water partition coefficient (Wildman–Crippen LogP) is 2.86. The molecule has 0 radical (unpaired) electrons. The third-order valence-electron chi connectivity index (χ3n) is 4.54. The molecule has 0 unspecified atom stereocenters. The molecule has 158 valence electrons. The van der Waals surface area contributed by atoms with E-state index in [1.807, 2.05) is 13.0 Å². The summed E-state index contributed by atoms with van der Waals surface area (Å²) in [7, 11) is 1.73. The van der Waals surface area contributed by atoms with E-state index in [9.17, 15) is 9.18 Å². The first-order valence-corrected chi connectivity index (χ1v) is 10.2. The molecule has 1 aromatic carbocycles. The summed E-state index contributed by atoms with van der Waals surface area (Å²) in [4.78, 5) is 18.3. The molecule has 0 aromatic heterocycles. The van der Waals surface area contributed by atoms with E-state index in [-0.39, 0.29) is 35.7 Å². The highest BCUT2D eigenvalue weighted by Gasteiger charge is 2.21. The molecule has 1 aromatic rings. The first-order valence-electron chi connectivity index (χ1n) is 9.42. The molecule has 28 heavy (non-hydrogen) atoms. The fourth-order valence-electron chi connectivity index (χ4n) is 2.98. The van der Waals surface area contributed by atoms with Crippen LogP contribution >= 0.6 is 39.9 Å². The Kier molecular flexibility index (Phi) is 11.9. The molecule has 1 heterocycles. The van der Waals surface area contributed by atoms with Gasteiger partial charge in [0.25, 0.3) is 0 Å². The summed E-state index contributed by atoms with van der Waals surface area (Å²) >= 11 is 3.16. The summed E-state index contributed by atoms with van der Waals surface area (Å²) in [5, 5.41) is 9.56. The Balaban J connectivity index is 0.00000392. The van der Waals surface area contributed by atoms with Gasteiger partial charge < -0.3 is 16.0 Å². The van der Waals surface area contributed by atoms with Crippen LogP contribution in [-0.2, 0) is 11.3 Å². The third-order valence-corrected chi connectivity index (χ3v) is 5.18. The maximum absolute atomic E-state index is 13.6. The van der Waals surface area contributed by atoms with E-state index >= 15 is 0 Å². The number of halogens is 3. The van der Waals surface area contributed by atoms with Crippen molar-refractivity contribution >= 4 is 51.8 Å². The second-order valence-electron chi connectivity index (χ2n) is 6.72. The summed E-state index contributed by atoms with van der Waals surface area (Å²) in [6, 6.07) is 5.39. The van der Waals surface area contributed by atoms with E-state index in [1.54, 1.807) is 13.1 Å². The largest absolute Gasteiger partial charge is 0.355 e. The maximum atomic E-state index is 13.6. The van der Waals surface area contributed by atoms with Crippen molar-refractivity contribution in [2.75, 3.05) is 33.2 Å². The molecule has 6 nitrogen and oxygen atoms in total. The molecule has 1 aliphatic heterocycles. The van der Waals surface area contributed by atoms with Crippen molar-refractivity contribution < 1.29 is 9.18 Å². The molecular weight excluding hydrogens is 540 g/mol. The summed E-state index contributed by atoms with van der Waals surface area (Å²) in [6.45, 7) is 5.51. The predicted molar refractivity (Wildman–Crippen MR) is 126 cm³/mol. The number of nitrogens with zero attached hydrogens (tertiary/aromatic N) is 2. The Morgan fingerprint density at radius 2 is 2.04 bits per heavy atom. The second kappa shape index (κ2) is 13.3. The van der Waals surface area contributed by atoms with Gasteiger partial charge in [0, 0.05) is 39.3 Å². The molecule has 1 saturated heterocycles. The van der Waals surface area contributed by atoms with Crippen LogP contribution in [0, 0.1) is 5.82 Å². The van der Waals surface area contributed by atoms with E-state index in [0.717, 1.165) is 44.5 Å². The highest BCUT2D eigenvalue weighted by atomic mass is 127. The molecule has 1 fully saturated rings. The van der Waals surface area contributed by atoms with Crippen molar-refractivity contribution in [1.82, 2.24) is 20.9 Å². The molecule has 2 rings (SSSR count). The number of piperidine rings is 1. The molecule has 0 saturated carbocycles. The highest BCUT2D eigenvalue weighted by Crippen LogP contribution is 2.16. The van der Waals surface area contributed by atoms with Gasteiger partial charge in [-0.2, -0.15) is 0 Å². The lowest BCUT2D eigenvalue weighted by Crippen LogP contribution is -2.50. The molecule has 0 aliphatic carbocycles. The van der Waals surface area contributed by atoms with Crippen LogP contribution in [0.25, 0.3) is 0 Å². The van der Waals surface area contributed by atoms with Crippen molar-refractivity contribution in [3.63, 3.8) is 0 Å². The highest BCUT2D eigenvalue weighted by molar-refractivity contribution is 14.0. The Bertz CT molecular complexity index is 653. The van der Waals surface area contributed by atoms with E-state index in [2.05, 4.69) is 41.8 Å². The van der Waals surface area contributed by atoms with Gasteiger partial charge in [-0.3, -0.25) is 14.7 Å². The normalized spacial score (nSPS) is 15.6. The van der Waals surface area contributed by atoms with Crippen LogP contribution in [0.2, 0.25) is 0 Å². The van der Waals surface area contributed by atoms with Crippen molar-refractivity contribution in [2.45, 2.75) is 38.8 Å². The molecule has 9 heteroatoms. The Hall–Kier alpha value is -0.940. The SMILES string of the molecule is CCCNC(=O)CN1CCC(NC(=NC)NCc2ccc(Br)c(F)c2)CC1.I. The van der Waals surface area contributed by atoms with E-state index < -0.39 is 0 Å². The first-order chi connectivity index (χ1) is 13.0. The average molecular weight is 570 g/mol. The van der Waals surface area contributed by atoms with Crippen LogP contribution < -0.4 is 16.0 Å². The summed E-state index contributed by atoms with van der Waals surface area (Å²) in [6.07, 6.45) is 2.86. The lowest BCUT2D eigenvalue weighted by molar-refractivity contribution is -0.122. The van der Waals surface area contributed by atoms with Crippen molar-refractivity contribution in [1.29, 1.82) is 0 Å². The monoisotopic (exact) mass is 569 g/mol. The van der Waals surface area contributed by atoms with E-state index in [1.165, 1.54) is 6.07 Å². The summed E-state index contributed by atoms with van der Waals surface area (Å²) < 4.78 is 14.1. The minimum absolute atomic E-state index is 0. The van der Waals surface area contributed by atoms with Gasteiger partial charge in [-0.05, 0) is 52.9 Å². The maximum Gasteiger partial charge on any atom is 0.234 e. The molecule has 1 aliphatic rings. The number of carbonyl (C=O) groups excluding carboxylic acids is 1. The van der Waals surface area contributed by atoms with Crippen LogP contribution in [0.1, 0.15) is 31.7 Å². The lowest BCUT2D eigenvalue weighted by Gasteiger charge is -2.32. The molecule has 1 amide bonds. The van der Waals surface area contributed by atoms with Crippen LogP contribution in [0.3, 0.4) is 0 Å². The van der Waals surface area contributed by atoms with Gasteiger partial charge in [0.15, 0.2) is 5.96 Å². The van der Waals surface area contributed by atoms with Gasteiger partial charge in [-0.15, -0.1) is 24.0 Å². The molecule has 0 spiro atoms. The number of benzene rings is 1.